The number of hydrogen-bond acceptors (Lipinski definition) is 5. The van der Waals surface area contributed by atoms with Crippen LogP contribution in [0.5, 0.6) is 0 Å². The number of anilines is 1. The van der Waals surface area contributed by atoms with E-state index in [-0.39, 0.29) is 17.5 Å². The third-order valence-corrected chi connectivity index (χ3v) is 5.20. The highest BCUT2D eigenvalue weighted by atomic mass is 32.1. The number of amides is 1. The molecule has 1 aromatic rings. The van der Waals surface area contributed by atoms with E-state index in [2.05, 4.69) is 4.37 Å². The van der Waals surface area contributed by atoms with Gasteiger partial charge in [0.2, 0.25) is 5.91 Å². The summed E-state index contributed by atoms with van der Waals surface area (Å²) in [5, 5.41) is 9.63. The lowest BCUT2D eigenvalue weighted by Crippen LogP contribution is -2.48. The molecule has 0 spiro atoms. The average molecular weight is 297 g/mol. The van der Waals surface area contributed by atoms with Crippen LogP contribution in [0.4, 0.5) is 5.00 Å². The first-order chi connectivity index (χ1) is 9.29. The normalized spacial score (nSPS) is 25.7. The zero-order valence-corrected chi connectivity index (χ0v) is 12.7. The summed E-state index contributed by atoms with van der Waals surface area (Å²) in [6.45, 7) is 3.49. The maximum absolute atomic E-state index is 12.7. The molecule has 2 rings (SSSR count). The number of carbonyl (C=O) groups is 2. The molecule has 1 fully saturated rings. The molecule has 2 unspecified atom stereocenters. The molecule has 1 saturated carbocycles. The third kappa shape index (κ3) is 2.20. The summed E-state index contributed by atoms with van der Waals surface area (Å²) in [6, 6.07) is -0.181. The Morgan fingerprint density at radius 2 is 2.20 bits per heavy atom. The number of nitrogens with two attached hydrogens (primary N) is 1. The highest BCUT2D eigenvalue weighted by Crippen LogP contribution is 2.40. The van der Waals surface area contributed by atoms with Crippen molar-refractivity contribution in [3.05, 3.63) is 11.3 Å². The predicted molar refractivity (Wildman–Crippen MR) is 77.2 cm³/mol. The fourth-order valence-electron chi connectivity index (χ4n) is 2.77. The number of carbonyl (C=O) groups excluding carboxylic acids is 1. The van der Waals surface area contributed by atoms with Gasteiger partial charge in [-0.3, -0.25) is 4.79 Å². The summed E-state index contributed by atoms with van der Waals surface area (Å²) in [5.74, 6) is -1.19. The standard InChI is InChI=1S/C13H19N3O3S/c1-7-9(11(17)18)10(20-15-7)16(3)12(19)13(2)6-4-5-8(13)14/h8H,4-6,14H2,1-3H3,(H,17,18). The summed E-state index contributed by atoms with van der Waals surface area (Å²) < 4.78 is 4.05. The smallest absolute Gasteiger partial charge is 0.340 e. The van der Waals surface area contributed by atoms with Gasteiger partial charge in [0.15, 0.2) is 0 Å². The van der Waals surface area contributed by atoms with E-state index in [4.69, 9.17) is 5.73 Å². The molecule has 6 nitrogen and oxygen atoms in total. The number of rotatable bonds is 3. The quantitative estimate of drug-likeness (QED) is 0.884. The fraction of sp³-hybridized carbons (Fsp3) is 0.615. The number of nitrogens with zero attached hydrogens (tertiary/aromatic N) is 2. The van der Waals surface area contributed by atoms with Crippen LogP contribution in [0, 0.1) is 12.3 Å². The van der Waals surface area contributed by atoms with Gasteiger partial charge in [0.1, 0.15) is 10.6 Å². The Balaban J connectivity index is 2.35. The van der Waals surface area contributed by atoms with Gasteiger partial charge in [-0.05, 0) is 38.2 Å². The molecule has 0 aromatic carbocycles. The fourth-order valence-corrected chi connectivity index (χ4v) is 3.61. The first kappa shape index (κ1) is 14.9. The highest BCUT2D eigenvalue weighted by Gasteiger charge is 2.45. The van der Waals surface area contributed by atoms with Gasteiger partial charge in [-0.1, -0.05) is 6.42 Å². The Morgan fingerprint density at radius 3 is 2.70 bits per heavy atom. The molecular formula is C13H19N3O3S. The summed E-state index contributed by atoms with van der Waals surface area (Å²) in [4.78, 5) is 25.4. The van der Waals surface area contributed by atoms with Crippen molar-refractivity contribution < 1.29 is 14.7 Å². The highest BCUT2D eigenvalue weighted by molar-refractivity contribution is 7.11. The number of aromatic nitrogens is 1. The SMILES string of the molecule is Cc1nsc(N(C)C(=O)C2(C)CCCC2N)c1C(=O)O. The van der Waals surface area contributed by atoms with Gasteiger partial charge in [0.25, 0.3) is 0 Å². The minimum absolute atomic E-state index is 0.0982. The van der Waals surface area contributed by atoms with Gasteiger partial charge in [0.05, 0.1) is 11.1 Å². The first-order valence-corrected chi connectivity index (χ1v) is 7.29. The van der Waals surface area contributed by atoms with Crippen molar-refractivity contribution in [3.63, 3.8) is 0 Å². The lowest BCUT2D eigenvalue weighted by atomic mass is 9.83. The van der Waals surface area contributed by atoms with Crippen LogP contribution in [0.2, 0.25) is 0 Å². The van der Waals surface area contributed by atoms with E-state index >= 15 is 0 Å². The number of carboxylic acids is 1. The van der Waals surface area contributed by atoms with Crippen LogP contribution in [0.25, 0.3) is 0 Å². The van der Waals surface area contributed by atoms with Crippen LogP contribution < -0.4 is 10.6 Å². The van der Waals surface area contributed by atoms with E-state index in [9.17, 15) is 14.7 Å². The number of aromatic carboxylic acids is 1. The maximum Gasteiger partial charge on any atom is 0.340 e. The number of hydrogen-bond donors (Lipinski definition) is 2. The summed E-state index contributed by atoms with van der Waals surface area (Å²) in [7, 11) is 1.60. The third-order valence-electron chi connectivity index (χ3n) is 4.19. The van der Waals surface area contributed by atoms with Crippen LogP contribution in [0.1, 0.15) is 42.2 Å². The van der Waals surface area contributed by atoms with E-state index in [0.29, 0.717) is 10.7 Å². The maximum atomic E-state index is 12.7. The van der Waals surface area contributed by atoms with Gasteiger partial charge in [-0.15, -0.1) is 0 Å². The summed E-state index contributed by atoms with van der Waals surface area (Å²) in [6.07, 6.45) is 2.48. The van der Waals surface area contributed by atoms with Crippen LogP contribution in [0.3, 0.4) is 0 Å². The molecule has 1 amide bonds. The Hall–Kier alpha value is -1.47. The number of aryl methyl sites for hydroxylation is 1. The van der Waals surface area contributed by atoms with Crippen molar-refractivity contribution >= 4 is 28.4 Å². The molecule has 3 N–H and O–H groups in total. The van der Waals surface area contributed by atoms with E-state index < -0.39 is 11.4 Å². The van der Waals surface area contributed by atoms with Crippen LogP contribution in [0.15, 0.2) is 0 Å². The van der Waals surface area contributed by atoms with Gasteiger partial charge in [-0.2, -0.15) is 4.37 Å². The molecule has 1 heterocycles. The monoisotopic (exact) mass is 297 g/mol. The van der Waals surface area contributed by atoms with Crippen LogP contribution in [-0.4, -0.2) is 34.4 Å². The largest absolute Gasteiger partial charge is 0.478 e. The molecular weight excluding hydrogens is 278 g/mol. The van der Waals surface area contributed by atoms with E-state index in [1.807, 2.05) is 6.92 Å². The molecule has 110 valence electrons. The van der Waals surface area contributed by atoms with Crippen LogP contribution in [-0.2, 0) is 4.79 Å². The summed E-state index contributed by atoms with van der Waals surface area (Å²) in [5.41, 5.74) is 5.96. The van der Waals surface area contributed by atoms with Gasteiger partial charge in [0, 0.05) is 13.1 Å². The first-order valence-electron chi connectivity index (χ1n) is 6.52. The molecule has 1 aliphatic rings. The Kier molecular flexibility index (Phi) is 3.84. The molecule has 0 saturated heterocycles. The second kappa shape index (κ2) is 5.14. The number of carboxylic acid groups (broad SMARTS) is 1. The van der Waals surface area contributed by atoms with E-state index in [1.54, 1.807) is 14.0 Å². The minimum atomic E-state index is -1.06. The van der Waals surface area contributed by atoms with Gasteiger partial charge < -0.3 is 15.7 Å². The topological polar surface area (TPSA) is 96.5 Å². The molecule has 1 aliphatic carbocycles. The zero-order valence-electron chi connectivity index (χ0n) is 11.8. The van der Waals surface area contributed by atoms with Crippen molar-refractivity contribution in [2.24, 2.45) is 11.1 Å². The average Bonchev–Trinajstić information content (AvgIpc) is 2.92. The van der Waals surface area contributed by atoms with Gasteiger partial charge in [-0.25, -0.2) is 4.79 Å². The molecule has 1 aromatic heterocycles. The van der Waals surface area contributed by atoms with Crippen molar-refractivity contribution in [2.75, 3.05) is 11.9 Å². The van der Waals surface area contributed by atoms with Crippen molar-refractivity contribution in [3.8, 4) is 0 Å². The van der Waals surface area contributed by atoms with Crippen molar-refractivity contribution in [1.82, 2.24) is 4.37 Å². The molecule has 0 aliphatic heterocycles. The summed E-state index contributed by atoms with van der Waals surface area (Å²) >= 11 is 1.03. The Labute approximate surface area is 121 Å². The Morgan fingerprint density at radius 1 is 1.55 bits per heavy atom. The zero-order chi connectivity index (χ0) is 15.1. The second-order valence-electron chi connectivity index (χ2n) is 5.53. The van der Waals surface area contributed by atoms with Gasteiger partial charge >= 0.3 is 5.97 Å². The second-order valence-corrected chi connectivity index (χ2v) is 6.29. The van der Waals surface area contributed by atoms with E-state index in [1.165, 1.54) is 4.90 Å². The molecule has 2 atom stereocenters. The lowest BCUT2D eigenvalue weighted by Gasteiger charge is -2.31. The molecule has 0 radical (unpaired) electrons. The van der Waals surface area contributed by atoms with Crippen molar-refractivity contribution in [1.29, 1.82) is 0 Å². The van der Waals surface area contributed by atoms with Crippen LogP contribution >= 0.6 is 11.5 Å². The van der Waals surface area contributed by atoms with E-state index in [0.717, 1.165) is 30.8 Å². The predicted octanol–water partition coefficient (Wildman–Crippen LogP) is 1.63. The lowest BCUT2D eigenvalue weighted by molar-refractivity contribution is -0.127. The van der Waals surface area contributed by atoms with Crippen molar-refractivity contribution in [2.45, 2.75) is 39.2 Å². The minimum Gasteiger partial charge on any atom is -0.478 e. The molecule has 0 bridgehead atoms. The molecule has 20 heavy (non-hydrogen) atoms. The molecule has 7 heteroatoms. The Bertz CT molecular complexity index is 557.